The van der Waals surface area contributed by atoms with Gasteiger partial charge in [-0.05, 0) is 25.1 Å². The van der Waals surface area contributed by atoms with E-state index >= 15 is 0 Å². The van der Waals surface area contributed by atoms with Crippen LogP contribution in [0.15, 0.2) is 36.7 Å². The molecule has 2 aromatic heterocycles. The quantitative estimate of drug-likeness (QED) is 0.764. The van der Waals surface area contributed by atoms with Gasteiger partial charge in [0, 0.05) is 40.9 Å². The molecular weight excluding hydrogens is 345 g/mol. The summed E-state index contributed by atoms with van der Waals surface area (Å²) in [4.78, 5) is 20.6. The maximum absolute atomic E-state index is 14.4. The molecule has 25 heavy (non-hydrogen) atoms. The van der Waals surface area contributed by atoms with E-state index in [-0.39, 0.29) is 17.4 Å². The van der Waals surface area contributed by atoms with Crippen LogP contribution < -0.4 is 5.32 Å². The fourth-order valence-corrected chi connectivity index (χ4v) is 3.48. The number of aryl methyl sites for hydroxylation is 1. The van der Waals surface area contributed by atoms with Crippen molar-refractivity contribution in [3.8, 4) is 5.95 Å². The third-order valence-electron chi connectivity index (χ3n) is 4.19. The molecule has 126 valence electrons. The molecule has 6 nitrogen and oxygen atoms in total. The Morgan fingerprint density at radius 2 is 2.00 bits per heavy atom. The molecule has 1 N–H and O–H groups in total. The number of fused-ring (bicyclic) bond motifs is 1. The highest BCUT2D eigenvalue weighted by Gasteiger charge is 2.35. The van der Waals surface area contributed by atoms with E-state index in [4.69, 9.17) is 11.6 Å². The first-order chi connectivity index (χ1) is 12.1. The van der Waals surface area contributed by atoms with Crippen LogP contribution in [-0.4, -0.2) is 25.7 Å². The highest BCUT2D eigenvalue weighted by molar-refractivity contribution is 6.31. The number of halogens is 2. The van der Waals surface area contributed by atoms with Gasteiger partial charge in [-0.1, -0.05) is 17.7 Å². The predicted molar refractivity (Wildman–Crippen MR) is 90.4 cm³/mol. The number of hydrogen-bond donors (Lipinski definition) is 1. The van der Waals surface area contributed by atoms with E-state index in [0.717, 1.165) is 5.56 Å². The Morgan fingerprint density at radius 1 is 1.24 bits per heavy atom. The predicted octanol–water partition coefficient (Wildman–Crippen LogP) is 3.24. The lowest BCUT2D eigenvalue weighted by atomic mass is 9.85. The van der Waals surface area contributed by atoms with Crippen LogP contribution in [0.4, 0.5) is 10.2 Å². The average Bonchev–Trinajstić information content (AvgIpc) is 2.92. The van der Waals surface area contributed by atoms with Gasteiger partial charge < -0.3 is 5.32 Å². The summed E-state index contributed by atoms with van der Waals surface area (Å²) in [7, 11) is 0. The molecule has 8 heteroatoms. The lowest BCUT2D eigenvalue weighted by Gasteiger charge is -2.25. The maximum atomic E-state index is 14.4. The van der Waals surface area contributed by atoms with Crippen molar-refractivity contribution < 1.29 is 9.18 Å². The Labute approximate surface area is 147 Å². The van der Waals surface area contributed by atoms with Crippen LogP contribution in [0.5, 0.6) is 0 Å². The van der Waals surface area contributed by atoms with Crippen molar-refractivity contribution in [1.82, 2.24) is 19.7 Å². The summed E-state index contributed by atoms with van der Waals surface area (Å²) in [6.45, 7) is 1.80. The standard InChI is InChI=1S/C17H13ClFN5O/c1-9-14-10(15-11(18)4-2-5-12(15)19)8-13(25)22-16(14)24(23-9)17-20-6-3-7-21-17/h2-7,10H,8H2,1H3,(H,22,25)/t10-/m1/s1. The normalized spacial score (nSPS) is 16.4. The summed E-state index contributed by atoms with van der Waals surface area (Å²) in [6.07, 6.45) is 3.26. The smallest absolute Gasteiger partial charge is 0.252 e. The molecule has 3 heterocycles. The second-order valence-corrected chi connectivity index (χ2v) is 6.16. The van der Waals surface area contributed by atoms with Crippen molar-refractivity contribution in [3.63, 3.8) is 0 Å². The van der Waals surface area contributed by atoms with Crippen molar-refractivity contribution in [2.75, 3.05) is 5.32 Å². The van der Waals surface area contributed by atoms with Crippen molar-refractivity contribution in [1.29, 1.82) is 0 Å². The van der Waals surface area contributed by atoms with Gasteiger partial charge in [-0.3, -0.25) is 4.79 Å². The van der Waals surface area contributed by atoms with E-state index in [1.807, 2.05) is 0 Å². The zero-order chi connectivity index (χ0) is 17.6. The van der Waals surface area contributed by atoms with Crippen molar-refractivity contribution in [3.05, 3.63) is 64.3 Å². The minimum absolute atomic E-state index is 0.0931. The van der Waals surface area contributed by atoms with Crippen LogP contribution in [0.25, 0.3) is 5.95 Å². The zero-order valence-corrected chi connectivity index (χ0v) is 14.0. The first kappa shape index (κ1) is 15.7. The fourth-order valence-electron chi connectivity index (χ4n) is 3.18. The number of nitrogens with zero attached hydrogens (tertiary/aromatic N) is 4. The molecule has 0 spiro atoms. The first-order valence-corrected chi connectivity index (χ1v) is 8.04. The third-order valence-corrected chi connectivity index (χ3v) is 4.52. The van der Waals surface area contributed by atoms with Gasteiger partial charge in [-0.15, -0.1) is 0 Å². The van der Waals surface area contributed by atoms with Crippen LogP contribution in [0.3, 0.4) is 0 Å². The summed E-state index contributed by atoms with van der Waals surface area (Å²) in [6, 6.07) is 6.19. The lowest BCUT2D eigenvalue weighted by molar-refractivity contribution is -0.116. The van der Waals surface area contributed by atoms with Gasteiger partial charge in [0.1, 0.15) is 11.6 Å². The van der Waals surface area contributed by atoms with E-state index in [1.54, 1.807) is 37.5 Å². The maximum Gasteiger partial charge on any atom is 0.252 e. The van der Waals surface area contributed by atoms with Crippen molar-refractivity contribution in [2.45, 2.75) is 19.3 Å². The van der Waals surface area contributed by atoms with Crippen LogP contribution in [-0.2, 0) is 4.79 Å². The largest absolute Gasteiger partial charge is 0.310 e. The van der Waals surface area contributed by atoms with Crippen molar-refractivity contribution >= 4 is 23.3 Å². The highest BCUT2D eigenvalue weighted by Crippen LogP contribution is 2.42. The Kier molecular flexibility index (Phi) is 3.73. The molecule has 0 saturated carbocycles. The number of amides is 1. The molecule has 1 atom stereocenters. The first-order valence-electron chi connectivity index (χ1n) is 7.67. The second kappa shape index (κ2) is 5.93. The molecule has 1 amide bonds. The number of carbonyl (C=O) groups excluding carboxylic acids is 1. The molecule has 0 fully saturated rings. The molecular formula is C17H13ClFN5O. The van der Waals surface area contributed by atoms with E-state index in [2.05, 4.69) is 20.4 Å². The summed E-state index contributed by atoms with van der Waals surface area (Å²) in [5.74, 6) is -0.429. The van der Waals surface area contributed by atoms with Gasteiger partial charge in [0.2, 0.25) is 5.91 Å². The molecule has 0 saturated heterocycles. The Morgan fingerprint density at radius 3 is 2.72 bits per heavy atom. The topological polar surface area (TPSA) is 72.7 Å². The summed E-state index contributed by atoms with van der Waals surface area (Å²) < 4.78 is 15.9. The number of hydrogen-bond acceptors (Lipinski definition) is 4. The lowest BCUT2D eigenvalue weighted by Crippen LogP contribution is -2.25. The van der Waals surface area contributed by atoms with E-state index in [1.165, 1.54) is 10.7 Å². The minimum Gasteiger partial charge on any atom is -0.310 e. The Hall–Kier alpha value is -2.80. The van der Waals surface area contributed by atoms with Gasteiger partial charge in [0.15, 0.2) is 0 Å². The van der Waals surface area contributed by atoms with Crippen LogP contribution in [0, 0.1) is 12.7 Å². The van der Waals surface area contributed by atoms with Gasteiger partial charge in [-0.2, -0.15) is 9.78 Å². The average molecular weight is 358 g/mol. The third kappa shape index (κ3) is 2.56. The molecule has 0 aliphatic carbocycles. The van der Waals surface area contributed by atoms with Gasteiger partial charge in [0.05, 0.1) is 5.69 Å². The number of benzene rings is 1. The van der Waals surface area contributed by atoms with E-state index in [0.29, 0.717) is 23.0 Å². The van der Waals surface area contributed by atoms with Crippen LogP contribution in [0.1, 0.15) is 29.2 Å². The van der Waals surface area contributed by atoms with Gasteiger partial charge in [0.25, 0.3) is 5.95 Å². The fraction of sp³-hybridized carbons (Fsp3) is 0.176. The van der Waals surface area contributed by atoms with Crippen LogP contribution in [0.2, 0.25) is 5.02 Å². The molecule has 0 bridgehead atoms. The SMILES string of the molecule is Cc1nn(-c2ncccn2)c2c1[C@H](c1c(F)cccc1Cl)CC(=O)N2. The van der Waals surface area contributed by atoms with Crippen molar-refractivity contribution in [2.24, 2.45) is 0 Å². The Balaban J connectivity index is 1.94. The molecule has 0 radical (unpaired) electrons. The molecule has 0 unspecified atom stereocenters. The van der Waals surface area contributed by atoms with E-state index in [9.17, 15) is 9.18 Å². The second-order valence-electron chi connectivity index (χ2n) is 5.75. The number of carbonyl (C=O) groups is 1. The number of rotatable bonds is 2. The number of aromatic nitrogens is 4. The molecule has 4 rings (SSSR count). The molecule has 1 aliphatic rings. The highest BCUT2D eigenvalue weighted by atomic mass is 35.5. The van der Waals surface area contributed by atoms with E-state index < -0.39 is 11.7 Å². The molecule has 1 aliphatic heterocycles. The van der Waals surface area contributed by atoms with Gasteiger partial charge in [-0.25, -0.2) is 14.4 Å². The Bertz CT molecular complexity index is 952. The summed E-state index contributed by atoms with van der Waals surface area (Å²) in [5.41, 5.74) is 1.68. The number of nitrogens with one attached hydrogen (secondary N) is 1. The monoisotopic (exact) mass is 357 g/mol. The summed E-state index contributed by atoms with van der Waals surface area (Å²) >= 11 is 6.23. The minimum atomic E-state index is -0.519. The zero-order valence-electron chi connectivity index (χ0n) is 13.2. The summed E-state index contributed by atoms with van der Waals surface area (Å²) in [5, 5.41) is 7.53. The van der Waals surface area contributed by atoms with Gasteiger partial charge >= 0.3 is 0 Å². The molecule has 3 aromatic rings. The van der Waals surface area contributed by atoms with Crippen LogP contribution >= 0.6 is 11.6 Å². The molecule has 1 aromatic carbocycles. The number of anilines is 1.